The monoisotopic (exact) mass is 306 g/mol. The van der Waals surface area contributed by atoms with Crippen LogP contribution in [-0.4, -0.2) is 12.5 Å². The molecule has 21 heavy (non-hydrogen) atoms. The van der Waals surface area contributed by atoms with Gasteiger partial charge in [-0.3, -0.25) is 4.79 Å². The normalized spacial score (nSPS) is 10.2. The summed E-state index contributed by atoms with van der Waals surface area (Å²) in [5.74, 6) is -0.678. The fraction of sp³-hybridized carbons (Fsp3) is 0.188. The smallest absolute Gasteiger partial charge is 0.243 e. The van der Waals surface area contributed by atoms with Crippen molar-refractivity contribution >= 4 is 28.9 Å². The van der Waals surface area contributed by atoms with Crippen molar-refractivity contribution in [3.63, 3.8) is 0 Å². The van der Waals surface area contributed by atoms with Crippen molar-refractivity contribution in [1.29, 1.82) is 0 Å². The van der Waals surface area contributed by atoms with Crippen LogP contribution in [0.1, 0.15) is 12.5 Å². The molecule has 0 aliphatic heterocycles. The van der Waals surface area contributed by atoms with Crippen LogP contribution in [0, 0.1) is 5.82 Å². The topological polar surface area (TPSA) is 41.1 Å². The van der Waals surface area contributed by atoms with Crippen LogP contribution in [0.25, 0.3) is 0 Å². The molecule has 0 saturated carbocycles. The van der Waals surface area contributed by atoms with E-state index in [2.05, 4.69) is 17.6 Å². The number of carbonyl (C=O) groups excluding carboxylic acids is 1. The lowest BCUT2D eigenvalue weighted by molar-refractivity contribution is -0.114. The summed E-state index contributed by atoms with van der Waals surface area (Å²) in [4.78, 5) is 11.9. The third-order valence-corrected chi connectivity index (χ3v) is 3.36. The first-order chi connectivity index (χ1) is 10.1. The quantitative estimate of drug-likeness (QED) is 0.873. The van der Waals surface area contributed by atoms with Crippen molar-refractivity contribution in [3.8, 4) is 0 Å². The van der Waals surface area contributed by atoms with Gasteiger partial charge in [-0.1, -0.05) is 36.7 Å². The van der Waals surface area contributed by atoms with Gasteiger partial charge in [-0.15, -0.1) is 0 Å². The summed E-state index contributed by atoms with van der Waals surface area (Å²) < 4.78 is 12.9. The molecule has 1 amide bonds. The SMILES string of the molecule is CCc1ccccc1NCC(=O)Nc1ccc(F)cc1Cl. The van der Waals surface area contributed by atoms with Crippen molar-refractivity contribution in [2.45, 2.75) is 13.3 Å². The van der Waals surface area contributed by atoms with E-state index in [4.69, 9.17) is 11.6 Å². The van der Waals surface area contributed by atoms with E-state index in [0.29, 0.717) is 5.69 Å². The Bertz CT molecular complexity index is 646. The lowest BCUT2D eigenvalue weighted by Crippen LogP contribution is -2.22. The Balaban J connectivity index is 1.96. The number of amides is 1. The number of hydrogen-bond donors (Lipinski definition) is 2. The highest BCUT2D eigenvalue weighted by Crippen LogP contribution is 2.22. The summed E-state index contributed by atoms with van der Waals surface area (Å²) in [6.45, 7) is 2.17. The Morgan fingerprint density at radius 1 is 1.19 bits per heavy atom. The minimum absolute atomic E-state index is 0.116. The maximum absolute atomic E-state index is 12.9. The zero-order valence-corrected chi connectivity index (χ0v) is 12.4. The minimum atomic E-state index is -0.437. The predicted octanol–water partition coefficient (Wildman–Crippen LogP) is 4.09. The Kier molecular flexibility index (Phi) is 5.17. The molecule has 0 saturated heterocycles. The van der Waals surface area contributed by atoms with Crippen molar-refractivity contribution in [2.75, 3.05) is 17.2 Å². The molecular weight excluding hydrogens is 291 g/mol. The molecule has 110 valence electrons. The Hall–Kier alpha value is -2.07. The van der Waals surface area contributed by atoms with E-state index < -0.39 is 5.82 Å². The molecule has 0 atom stereocenters. The fourth-order valence-corrected chi connectivity index (χ4v) is 2.18. The van der Waals surface area contributed by atoms with Crippen LogP contribution < -0.4 is 10.6 Å². The lowest BCUT2D eigenvalue weighted by Gasteiger charge is -2.11. The third kappa shape index (κ3) is 4.20. The van der Waals surface area contributed by atoms with Gasteiger partial charge in [-0.05, 0) is 36.2 Å². The van der Waals surface area contributed by atoms with E-state index in [9.17, 15) is 9.18 Å². The lowest BCUT2D eigenvalue weighted by atomic mass is 10.1. The van der Waals surface area contributed by atoms with Crippen molar-refractivity contribution in [1.82, 2.24) is 0 Å². The second kappa shape index (κ2) is 7.09. The molecule has 0 spiro atoms. The molecular formula is C16H16ClFN2O. The van der Waals surface area contributed by atoms with Crippen LogP contribution in [0.2, 0.25) is 5.02 Å². The number of para-hydroxylation sites is 1. The summed E-state index contributed by atoms with van der Waals surface area (Å²) >= 11 is 5.86. The fourth-order valence-electron chi connectivity index (χ4n) is 1.96. The van der Waals surface area contributed by atoms with Crippen molar-refractivity contribution in [3.05, 3.63) is 58.9 Å². The summed E-state index contributed by atoms with van der Waals surface area (Å²) in [6.07, 6.45) is 0.884. The van der Waals surface area contributed by atoms with Crippen LogP contribution in [-0.2, 0) is 11.2 Å². The molecule has 2 aromatic carbocycles. The second-order valence-electron chi connectivity index (χ2n) is 4.54. The molecule has 0 aliphatic rings. The Morgan fingerprint density at radius 3 is 2.67 bits per heavy atom. The first-order valence-electron chi connectivity index (χ1n) is 6.67. The molecule has 0 bridgehead atoms. The second-order valence-corrected chi connectivity index (χ2v) is 4.94. The maximum Gasteiger partial charge on any atom is 0.243 e. The van der Waals surface area contributed by atoms with Crippen LogP contribution in [0.3, 0.4) is 0 Å². The van der Waals surface area contributed by atoms with Gasteiger partial charge in [0.25, 0.3) is 0 Å². The summed E-state index contributed by atoms with van der Waals surface area (Å²) in [7, 11) is 0. The van der Waals surface area contributed by atoms with Crippen molar-refractivity contribution in [2.24, 2.45) is 0 Å². The first kappa shape index (κ1) is 15.3. The van der Waals surface area contributed by atoms with E-state index >= 15 is 0 Å². The Labute approximate surface area is 128 Å². The molecule has 0 radical (unpaired) electrons. The van der Waals surface area contributed by atoms with E-state index in [1.165, 1.54) is 12.1 Å². The number of nitrogens with one attached hydrogen (secondary N) is 2. The number of halogens is 2. The highest BCUT2D eigenvalue weighted by Gasteiger charge is 2.07. The average Bonchev–Trinajstić information content (AvgIpc) is 2.48. The number of hydrogen-bond acceptors (Lipinski definition) is 2. The van der Waals surface area contributed by atoms with Crippen LogP contribution in [0.5, 0.6) is 0 Å². The number of benzene rings is 2. The third-order valence-electron chi connectivity index (χ3n) is 3.04. The zero-order valence-electron chi connectivity index (χ0n) is 11.6. The first-order valence-corrected chi connectivity index (χ1v) is 7.04. The van der Waals surface area contributed by atoms with Gasteiger partial charge < -0.3 is 10.6 Å². The predicted molar refractivity (Wildman–Crippen MR) is 84.3 cm³/mol. The summed E-state index contributed by atoms with van der Waals surface area (Å²) in [5, 5.41) is 5.91. The number of carbonyl (C=O) groups is 1. The maximum atomic E-state index is 12.9. The van der Waals surface area contributed by atoms with Gasteiger partial charge in [0.15, 0.2) is 0 Å². The van der Waals surface area contributed by atoms with Crippen molar-refractivity contribution < 1.29 is 9.18 Å². The molecule has 2 rings (SSSR count). The molecule has 5 heteroatoms. The average molecular weight is 307 g/mol. The van der Waals surface area contributed by atoms with Gasteiger partial charge in [0.05, 0.1) is 17.3 Å². The molecule has 0 heterocycles. The molecule has 0 unspecified atom stereocenters. The standard InChI is InChI=1S/C16H16ClFN2O/c1-2-11-5-3-4-6-14(11)19-10-16(21)20-15-8-7-12(18)9-13(15)17/h3-9,19H,2,10H2,1H3,(H,20,21). The highest BCUT2D eigenvalue weighted by molar-refractivity contribution is 6.33. The van der Waals surface area contributed by atoms with Gasteiger partial charge in [-0.2, -0.15) is 0 Å². The molecule has 0 fully saturated rings. The number of rotatable bonds is 5. The molecule has 0 aliphatic carbocycles. The minimum Gasteiger partial charge on any atom is -0.376 e. The summed E-state index contributed by atoms with van der Waals surface area (Å²) in [6, 6.07) is 11.7. The molecule has 3 nitrogen and oxygen atoms in total. The molecule has 2 aromatic rings. The van der Waals surface area contributed by atoms with Gasteiger partial charge in [0.1, 0.15) is 5.82 Å². The van der Waals surface area contributed by atoms with E-state index in [-0.39, 0.29) is 17.5 Å². The summed E-state index contributed by atoms with van der Waals surface area (Å²) in [5.41, 5.74) is 2.47. The Morgan fingerprint density at radius 2 is 1.95 bits per heavy atom. The van der Waals surface area contributed by atoms with Gasteiger partial charge in [-0.25, -0.2) is 4.39 Å². The number of aryl methyl sites for hydroxylation is 1. The highest BCUT2D eigenvalue weighted by atomic mass is 35.5. The molecule has 0 aromatic heterocycles. The largest absolute Gasteiger partial charge is 0.376 e. The van der Waals surface area contributed by atoms with Gasteiger partial charge in [0.2, 0.25) is 5.91 Å². The van der Waals surface area contributed by atoms with Crippen LogP contribution >= 0.6 is 11.6 Å². The van der Waals surface area contributed by atoms with E-state index in [1.54, 1.807) is 0 Å². The zero-order chi connectivity index (χ0) is 15.2. The van der Waals surface area contributed by atoms with Crippen LogP contribution in [0.15, 0.2) is 42.5 Å². The van der Waals surface area contributed by atoms with Gasteiger partial charge >= 0.3 is 0 Å². The van der Waals surface area contributed by atoms with E-state index in [1.807, 2.05) is 24.3 Å². The number of anilines is 2. The van der Waals surface area contributed by atoms with Crippen LogP contribution in [0.4, 0.5) is 15.8 Å². The molecule has 2 N–H and O–H groups in total. The van der Waals surface area contributed by atoms with E-state index in [0.717, 1.165) is 23.7 Å². The van der Waals surface area contributed by atoms with Gasteiger partial charge in [0, 0.05) is 5.69 Å².